The maximum absolute atomic E-state index is 11.5. The highest BCUT2D eigenvalue weighted by atomic mass is 16.5. The van der Waals surface area contributed by atoms with E-state index in [1.54, 1.807) is 36.9 Å². The van der Waals surface area contributed by atoms with Crippen molar-refractivity contribution in [2.45, 2.75) is 6.54 Å². The van der Waals surface area contributed by atoms with Crippen LogP contribution in [0.15, 0.2) is 43.1 Å². The lowest BCUT2D eigenvalue weighted by molar-refractivity contribution is 0.0484. The number of aromatic nitrogens is 3. The summed E-state index contributed by atoms with van der Waals surface area (Å²) in [6.45, 7) is 0.907. The zero-order chi connectivity index (χ0) is 11.2. The number of carbonyl (C=O) groups is 1. The molecule has 2 rings (SSSR count). The van der Waals surface area contributed by atoms with Crippen LogP contribution in [0.5, 0.6) is 0 Å². The van der Waals surface area contributed by atoms with Gasteiger partial charge in [-0.15, -0.1) is 0 Å². The minimum Gasteiger partial charge on any atom is -0.459 e. The Morgan fingerprint density at radius 1 is 1.38 bits per heavy atom. The fourth-order valence-corrected chi connectivity index (χ4v) is 1.22. The molecule has 5 nitrogen and oxygen atoms in total. The Labute approximate surface area is 92.7 Å². The average Bonchev–Trinajstić information content (AvgIpc) is 2.83. The number of rotatable bonds is 4. The Morgan fingerprint density at radius 2 is 2.31 bits per heavy atom. The molecule has 0 radical (unpaired) electrons. The molecule has 0 bridgehead atoms. The number of ether oxygens (including phenoxy) is 1. The second-order valence-electron chi connectivity index (χ2n) is 3.15. The molecule has 0 fully saturated rings. The van der Waals surface area contributed by atoms with E-state index in [0.29, 0.717) is 18.8 Å². The van der Waals surface area contributed by atoms with Crippen LogP contribution in [-0.4, -0.2) is 27.1 Å². The maximum atomic E-state index is 11.5. The summed E-state index contributed by atoms with van der Waals surface area (Å²) in [5.41, 5.74) is 0.327. The van der Waals surface area contributed by atoms with Crippen LogP contribution in [-0.2, 0) is 11.3 Å². The Morgan fingerprint density at radius 3 is 3.00 bits per heavy atom. The van der Waals surface area contributed by atoms with Gasteiger partial charge >= 0.3 is 5.97 Å². The summed E-state index contributed by atoms with van der Waals surface area (Å²) in [7, 11) is 0. The van der Waals surface area contributed by atoms with Crippen molar-refractivity contribution in [2.24, 2.45) is 0 Å². The second kappa shape index (κ2) is 5.06. The number of nitrogens with zero attached hydrogens (tertiary/aromatic N) is 3. The lowest BCUT2D eigenvalue weighted by atomic mass is 10.3. The third-order valence-corrected chi connectivity index (χ3v) is 2.02. The van der Waals surface area contributed by atoms with Gasteiger partial charge in [0.2, 0.25) is 0 Å². The number of hydrogen-bond acceptors (Lipinski definition) is 4. The molecule has 82 valence electrons. The molecule has 0 atom stereocenters. The summed E-state index contributed by atoms with van der Waals surface area (Å²) in [6, 6.07) is 5.13. The molecule has 0 amide bonds. The van der Waals surface area contributed by atoms with Gasteiger partial charge < -0.3 is 9.30 Å². The first kappa shape index (κ1) is 10.4. The summed E-state index contributed by atoms with van der Waals surface area (Å²) < 4.78 is 6.89. The van der Waals surface area contributed by atoms with Crippen LogP contribution in [0, 0.1) is 0 Å². The van der Waals surface area contributed by atoms with Crippen LogP contribution in [0.25, 0.3) is 0 Å². The fourth-order valence-electron chi connectivity index (χ4n) is 1.22. The molecule has 0 N–H and O–H groups in total. The van der Waals surface area contributed by atoms with Crippen LogP contribution in [0.3, 0.4) is 0 Å². The Bertz CT molecular complexity index is 440. The van der Waals surface area contributed by atoms with Gasteiger partial charge in [0.05, 0.1) is 12.9 Å². The first-order valence-corrected chi connectivity index (χ1v) is 4.90. The second-order valence-corrected chi connectivity index (χ2v) is 3.15. The van der Waals surface area contributed by atoms with Crippen molar-refractivity contribution in [1.29, 1.82) is 0 Å². The first-order chi connectivity index (χ1) is 7.86. The standard InChI is InChI=1S/C11H11N3O2/c15-11(10-3-1-2-4-13-10)16-8-7-14-6-5-12-9-14/h1-6,9H,7-8H2. The van der Waals surface area contributed by atoms with Gasteiger partial charge in [0.15, 0.2) is 0 Å². The molecular weight excluding hydrogens is 206 g/mol. The highest BCUT2D eigenvalue weighted by Gasteiger charge is 2.06. The smallest absolute Gasteiger partial charge is 0.356 e. The van der Waals surface area contributed by atoms with Crippen molar-refractivity contribution in [2.75, 3.05) is 6.61 Å². The van der Waals surface area contributed by atoms with E-state index in [0.717, 1.165) is 0 Å². The van der Waals surface area contributed by atoms with Gasteiger partial charge in [-0.2, -0.15) is 0 Å². The van der Waals surface area contributed by atoms with Gasteiger partial charge in [-0.3, -0.25) is 0 Å². The fraction of sp³-hybridized carbons (Fsp3) is 0.182. The van der Waals surface area contributed by atoms with Gasteiger partial charge in [-0.05, 0) is 12.1 Å². The number of pyridine rings is 1. The zero-order valence-corrected chi connectivity index (χ0v) is 8.61. The maximum Gasteiger partial charge on any atom is 0.356 e. The Balaban J connectivity index is 1.81. The normalized spacial score (nSPS) is 10.0. The quantitative estimate of drug-likeness (QED) is 0.720. The Hall–Kier alpha value is -2.17. The topological polar surface area (TPSA) is 57.0 Å². The Kier molecular flexibility index (Phi) is 3.28. The summed E-state index contributed by atoms with van der Waals surface area (Å²) in [6.07, 6.45) is 6.73. The molecule has 0 aliphatic rings. The van der Waals surface area contributed by atoms with Crippen molar-refractivity contribution in [3.05, 3.63) is 48.8 Å². The van der Waals surface area contributed by atoms with E-state index in [4.69, 9.17) is 4.74 Å². The molecule has 0 aromatic carbocycles. The highest BCUT2D eigenvalue weighted by molar-refractivity contribution is 5.87. The van der Waals surface area contributed by atoms with Gasteiger partial charge in [0.1, 0.15) is 12.3 Å². The van der Waals surface area contributed by atoms with Crippen LogP contribution in [0.1, 0.15) is 10.5 Å². The highest BCUT2D eigenvalue weighted by Crippen LogP contribution is 1.97. The predicted octanol–water partition coefficient (Wildman–Crippen LogP) is 1.14. The third-order valence-electron chi connectivity index (χ3n) is 2.02. The molecule has 0 unspecified atom stereocenters. The minimum absolute atomic E-state index is 0.311. The summed E-state index contributed by atoms with van der Waals surface area (Å²) in [5.74, 6) is -0.402. The van der Waals surface area contributed by atoms with E-state index in [1.807, 2.05) is 10.8 Å². The van der Waals surface area contributed by atoms with E-state index in [1.165, 1.54) is 0 Å². The number of carbonyl (C=O) groups excluding carboxylic acids is 1. The molecule has 0 saturated heterocycles. The number of imidazole rings is 1. The van der Waals surface area contributed by atoms with Gasteiger partial charge in [0.25, 0.3) is 0 Å². The van der Waals surface area contributed by atoms with Crippen LogP contribution in [0.2, 0.25) is 0 Å². The molecule has 5 heteroatoms. The van der Waals surface area contributed by atoms with Crippen LogP contribution < -0.4 is 0 Å². The molecule has 16 heavy (non-hydrogen) atoms. The predicted molar refractivity (Wildman–Crippen MR) is 56.7 cm³/mol. The first-order valence-electron chi connectivity index (χ1n) is 4.90. The summed E-state index contributed by atoms with van der Waals surface area (Å²) in [4.78, 5) is 19.3. The molecule has 2 aromatic heterocycles. The summed E-state index contributed by atoms with van der Waals surface area (Å²) >= 11 is 0. The van der Waals surface area contributed by atoms with Crippen molar-refractivity contribution >= 4 is 5.97 Å². The van der Waals surface area contributed by atoms with E-state index in [9.17, 15) is 4.79 Å². The van der Waals surface area contributed by atoms with Gasteiger partial charge in [0, 0.05) is 18.6 Å². The van der Waals surface area contributed by atoms with Crippen molar-refractivity contribution in [3.8, 4) is 0 Å². The molecule has 0 aliphatic carbocycles. The summed E-state index contributed by atoms with van der Waals surface area (Å²) in [5, 5.41) is 0. The third kappa shape index (κ3) is 2.66. The molecule has 0 aliphatic heterocycles. The minimum atomic E-state index is -0.402. The molecule has 2 aromatic rings. The van der Waals surface area contributed by atoms with E-state index in [-0.39, 0.29) is 0 Å². The lowest BCUT2D eigenvalue weighted by Crippen LogP contribution is -2.11. The molecule has 0 spiro atoms. The van der Waals surface area contributed by atoms with Gasteiger partial charge in [-0.1, -0.05) is 6.07 Å². The van der Waals surface area contributed by atoms with Crippen molar-refractivity contribution in [1.82, 2.24) is 14.5 Å². The van der Waals surface area contributed by atoms with E-state index < -0.39 is 5.97 Å². The largest absolute Gasteiger partial charge is 0.459 e. The van der Waals surface area contributed by atoms with Gasteiger partial charge in [-0.25, -0.2) is 14.8 Å². The monoisotopic (exact) mass is 217 g/mol. The van der Waals surface area contributed by atoms with Crippen molar-refractivity contribution in [3.63, 3.8) is 0 Å². The number of esters is 1. The van der Waals surface area contributed by atoms with E-state index in [2.05, 4.69) is 9.97 Å². The zero-order valence-electron chi connectivity index (χ0n) is 8.61. The number of hydrogen-bond donors (Lipinski definition) is 0. The molecule has 0 saturated carbocycles. The lowest BCUT2D eigenvalue weighted by Gasteiger charge is -2.04. The average molecular weight is 217 g/mol. The van der Waals surface area contributed by atoms with Crippen LogP contribution >= 0.6 is 0 Å². The molecule has 2 heterocycles. The van der Waals surface area contributed by atoms with E-state index >= 15 is 0 Å². The van der Waals surface area contributed by atoms with Crippen LogP contribution in [0.4, 0.5) is 0 Å². The molecular formula is C11H11N3O2. The van der Waals surface area contributed by atoms with Crippen molar-refractivity contribution < 1.29 is 9.53 Å². The SMILES string of the molecule is O=C(OCCn1ccnc1)c1ccccn1.